The number of carbonyl (C=O) groups excluding carboxylic acids is 1. The van der Waals surface area contributed by atoms with Crippen molar-refractivity contribution in [3.05, 3.63) is 0 Å². The van der Waals surface area contributed by atoms with Gasteiger partial charge in [0.2, 0.25) is 5.12 Å². The topological polar surface area (TPSA) is 80.4 Å². The van der Waals surface area contributed by atoms with Gasteiger partial charge in [0, 0.05) is 0 Å². The lowest BCUT2D eigenvalue weighted by Gasteiger charge is -1.99. The molecular formula is C5H9NO3S. The summed E-state index contributed by atoms with van der Waals surface area (Å²) in [6, 6.07) is -0.579. The van der Waals surface area contributed by atoms with Gasteiger partial charge in [-0.05, 0) is 6.92 Å². The minimum absolute atomic E-state index is 0.208. The molecule has 0 aromatic heterocycles. The van der Waals surface area contributed by atoms with Gasteiger partial charge in [0.15, 0.2) is 0 Å². The Hall–Kier alpha value is -0.550. The SMILES string of the molecule is C[C@H](N)C(=O)SCC(=O)O. The second-order valence-electron chi connectivity index (χ2n) is 1.79. The molecule has 0 rings (SSSR count). The number of carboxylic acid groups (broad SMARTS) is 1. The van der Waals surface area contributed by atoms with E-state index in [1.54, 1.807) is 0 Å². The summed E-state index contributed by atoms with van der Waals surface area (Å²) >= 11 is 0.729. The van der Waals surface area contributed by atoms with Crippen molar-refractivity contribution >= 4 is 22.8 Å². The van der Waals surface area contributed by atoms with Gasteiger partial charge in [-0.15, -0.1) is 0 Å². The van der Waals surface area contributed by atoms with Gasteiger partial charge in [-0.25, -0.2) is 0 Å². The average Bonchev–Trinajstić information content (AvgIpc) is 1.82. The van der Waals surface area contributed by atoms with Crippen molar-refractivity contribution in [3.8, 4) is 0 Å². The molecule has 0 aliphatic rings. The van der Waals surface area contributed by atoms with E-state index in [1.165, 1.54) is 6.92 Å². The fourth-order valence-corrected chi connectivity index (χ4v) is 0.793. The fraction of sp³-hybridized carbons (Fsp3) is 0.600. The maximum Gasteiger partial charge on any atom is 0.313 e. The molecule has 0 fully saturated rings. The van der Waals surface area contributed by atoms with Crippen molar-refractivity contribution in [1.29, 1.82) is 0 Å². The van der Waals surface area contributed by atoms with Gasteiger partial charge in [-0.3, -0.25) is 9.59 Å². The summed E-state index contributed by atoms with van der Waals surface area (Å²) in [7, 11) is 0. The van der Waals surface area contributed by atoms with Crippen LogP contribution in [0.25, 0.3) is 0 Å². The molecule has 10 heavy (non-hydrogen) atoms. The summed E-state index contributed by atoms with van der Waals surface area (Å²) in [4.78, 5) is 20.5. The molecule has 0 radical (unpaired) electrons. The van der Waals surface area contributed by atoms with Gasteiger partial charge >= 0.3 is 5.97 Å². The molecule has 0 heterocycles. The third-order valence-electron chi connectivity index (χ3n) is 0.710. The Morgan fingerprint density at radius 3 is 2.50 bits per heavy atom. The standard InChI is InChI=1S/C5H9NO3S/c1-3(6)5(9)10-2-4(7)8/h3H,2,6H2,1H3,(H,7,8)/t3-/m0/s1. The van der Waals surface area contributed by atoms with Crippen molar-refractivity contribution in [3.63, 3.8) is 0 Å². The van der Waals surface area contributed by atoms with Crippen LogP contribution in [0, 0.1) is 0 Å². The van der Waals surface area contributed by atoms with Crippen LogP contribution >= 0.6 is 11.8 Å². The maximum absolute atomic E-state index is 10.6. The molecular weight excluding hydrogens is 154 g/mol. The molecule has 0 aromatic carbocycles. The largest absolute Gasteiger partial charge is 0.481 e. The molecule has 4 nitrogen and oxygen atoms in total. The van der Waals surface area contributed by atoms with Gasteiger partial charge in [-0.2, -0.15) is 0 Å². The molecule has 0 saturated heterocycles. The Kier molecular flexibility index (Phi) is 4.06. The highest BCUT2D eigenvalue weighted by atomic mass is 32.2. The predicted molar refractivity (Wildman–Crippen MR) is 38.8 cm³/mol. The van der Waals surface area contributed by atoms with Gasteiger partial charge in [-0.1, -0.05) is 11.8 Å². The molecule has 58 valence electrons. The van der Waals surface area contributed by atoms with E-state index in [4.69, 9.17) is 10.8 Å². The highest BCUT2D eigenvalue weighted by Gasteiger charge is 2.09. The zero-order chi connectivity index (χ0) is 8.15. The summed E-state index contributed by atoms with van der Waals surface area (Å²) in [6.07, 6.45) is 0. The number of hydrogen-bond donors (Lipinski definition) is 2. The van der Waals surface area contributed by atoms with Gasteiger partial charge < -0.3 is 10.8 Å². The number of carboxylic acids is 1. The van der Waals surface area contributed by atoms with E-state index in [-0.39, 0.29) is 10.9 Å². The van der Waals surface area contributed by atoms with Crippen LogP contribution < -0.4 is 5.73 Å². The lowest BCUT2D eigenvalue weighted by molar-refractivity contribution is -0.134. The van der Waals surface area contributed by atoms with Crippen LogP contribution in [0.15, 0.2) is 0 Å². The minimum atomic E-state index is -1.00. The molecule has 0 amide bonds. The molecule has 0 aliphatic carbocycles. The first-order chi connectivity index (χ1) is 4.54. The number of hydrogen-bond acceptors (Lipinski definition) is 4. The lowest BCUT2D eigenvalue weighted by atomic mass is 10.4. The number of rotatable bonds is 3. The molecule has 0 aliphatic heterocycles. The van der Waals surface area contributed by atoms with E-state index in [1.807, 2.05) is 0 Å². The van der Waals surface area contributed by atoms with Crippen molar-refractivity contribution in [2.24, 2.45) is 5.73 Å². The molecule has 0 unspecified atom stereocenters. The van der Waals surface area contributed by atoms with Crippen LogP contribution in [0.2, 0.25) is 0 Å². The first kappa shape index (κ1) is 9.45. The highest BCUT2D eigenvalue weighted by molar-refractivity contribution is 8.14. The van der Waals surface area contributed by atoms with E-state index < -0.39 is 12.0 Å². The quantitative estimate of drug-likeness (QED) is 0.596. The van der Waals surface area contributed by atoms with Crippen LogP contribution in [-0.2, 0) is 9.59 Å². The Balaban J connectivity index is 3.50. The smallest absolute Gasteiger partial charge is 0.313 e. The van der Waals surface area contributed by atoms with E-state index >= 15 is 0 Å². The van der Waals surface area contributed by atoms with E-state index in [0.717, 1.165) is 11.8 Å². The first-order valence-electron chi connectivity index (χ1n) is 2.68. The third kappa shape index (κ3) is 4.34. The van der Waals surface area contributed by atoms with Crippen LogP contribution in [0.4, 0.5) is 0 Å². The number of aliphatic carboxylic acids is 1. The summed E-state index contributed by atoms with van der Waals surface area (Å²) in [6.45, 7) is 1.52. The molecule has 3 N–H and O–H groups in total. The van der Waals surface area contributed by atoms with E-state index in [0.29, 0.717) is 0 Å². The molecule has 0 aromatic rings. The Labute approximate surface area is 62.8 Å². The highest BCUT2D eigenvalue weighted by Crippen LogP contribution is 2.02. The molecule has 0 saturated carbocycles. The number of thioether (sulfide) groups is 1. The number of carbonyl (C=O) groups is 2. The molecule has 0 bridgehead atoms. The Morgan fingerprint density at radius 2 is 2.20 bits per heavy atom. The second-order valence-corrected chi connectivity index (χ2v) is 2.77. The second kappa shape index (κ2) is 4.29. The zero-order valence-electron chi connectivity index (χ0n) is 5.53. The monoisotopic (exact) mass is 163 g/mol. The fourth-order valence-electron chi connectivity index (χ4n) is 0.264. The summed E-state index contributed by atoms with van der Waals surface area (Å²) < 4.78 is 0. The molecule has 5 heteroatoms. The van der Waals surface area contributed by atoms with Crippen LogP contribution in [0.1, 0.15) is 6.92 Å². The van der Waals surface area contributed by atoms with Crippen LogP contribution in [0.5, 0.6) is 0 Å². The predicted octanol–water partition coefficient (Wildman–Crippen LogP) is -0.322. The van der Waals surface area contributed by atoms with Crippen molar-refractivity contribution in [2.75, 3.05) is 5.75 Å². The lowest BCUT2D eigenvalue weighted by Crippen LogP contribution is -2.24. The van der Waals surface area contributed by atoms with Crippen molar-refractivity contribution < 1.29 is 14.7 Å². The number of nitrogens with two attached hydrogens (primary N) is 1. The van der Waals surface area contributed by atoms with E-state index in [2.05, 4.69) is 0 Å². The van der Waals surface area contributed by atoms with Crippen molar-refractivity contribution in [1.82, 2.24) is 0 Å². The summed E-state index contributed by atoms with van der Waals surface area (Å²) in [5.41, 5.74) is 5.16. The summed E-state index contributed by atoms with van der Waals surface area (Å²) in [5, 5.41) is 7.84. The zero-order valence-corrected chi connectivity index (χ0v) is 6.35. The summed E-state index contributed by atoms with van der Waals surface area (Å²) in [5.74, 6) is -1.21. The third-order valence-corrected chi connectivity index (χ3v) is 1.76. The Morgan fingerprint density at radius 1 is 1.70 bits per heavy atom. The minimum Gasteiger partial charge on any atom is -0.481 e. The molecule has 1 atom stereocenters. The van der Waals surface area contributed by atoms with Gasteiger partial charge in [0.25, 0.3) is 0 Å². The Bertz CT molecular complexity index is 146. The van der Waals surface area contributed by atoms with Gasteiger partial charge in [0.05, 0.1) is 11.8 Å². The normalized spacial score (nSPS) is 12.6. The maximum atomic E-state index is 10.6. The first-order valence-corrected chi connectivity index (χ1v) is 3.66. The van der Waals surface area contributed by atoms with E-state index in [9.17, 15) is 9.59 Å². The van der Waals surface area contributed by atoms with Crippen LogP contribution in [-0.4, -0.2) is 28.0 Å². The van der Waals surface area contributed by atoms with Crippen molar-refractivity contribution in [2.45, 2.75) is 13.0 Å². The molecule has 0 spiro atoms. The average molecular weight is 163 g/mol. The van der Waals surface area contributed by atoms with Crippen LogP contribution in [0.3, 0.4) is 0 Å². The van der Waals surface area contributed by atoms with Gasteiger partial charge in [0.1, 0.15) is 0 Å².